The van der Waals surface area contributed by atoms with Crippen LogP contribution in [0.2, 0.25) is 5.02 Å². The second-order valence-electron chi connectivity index (χ2n) is 5.70. The van der Waals surface area contributed by atoms with Crippen LogP contribution in [-0.2, 0) is 6.42 Å². The fourth-order valence-electron chi connectivity index (χ4n) is 2.57. The van der Waals surface area contributed by atoms with E-state index in [-0.39, 0.29) is 30.0 Å². The Hall–Kier alpha value is -1.28. The maximum Gasteiger partial charge on any atom is 0.191 e. The number of rotatable bonds is 6. The highest BCUT2D eigenvalue weighted by Gasteiger charge is 2.11. The molecule has 2 N–H and O–H groups in total. The third-order valence-corrected chi connectivity index (χ3v) is 4.23. The van der Waals surface area contributed by atoms with E-state index in [2.05, 4.69) is 27.7 Å². The molecule has 0 saturated heterocycles. The van der Waals surface area contributed by atoms with Crippen LogP contribution >= 0.6 is 35.6 Å². The Balaban J connectivity index is 0.00000312. The van der Waals surface area contributed by atoms with E-state index in [0.29, 0.717) is 6.54 Å². The number of nitrogens with one attached hydrogen (secondary N) is 2. The van der Waals surface area contributed by atoms with E-state index in [9.17, 15) is 0 Å². The minimum atomic E-state index is 0. The van der Waals surface area contributed by atoms with Gasteiger partial charge in [-0.2, -0.15) is 0 Å². The zero-order chi connectivity index (χ0) is 17.5. The van der Waals surface area contributed by atoms with Crippen molar-refractivity contribution in [1.82, 2.24) is 15.8 Å². The summed E-state index contributed by atoms with van der Waals surface area (Å²) >= 11 is 6.27. The second-order valence-corrected chi connectivity index (χ2v) is 6.11. The number of aryl methyl sites for hydroxylation is 2. The van der Waals surface area contributed by atoms with Crippen LogP contribution in [0.15, 0.2) is 33.8 Å². The maximum atomic E-state index is 6.27. The van der Waals surface area contributed by atoms with Crippen LogP contribution < -0.4 is 10.6 Å². The molecule has 0 fully saturated rings. The molecular formula is C18H26ClIN4O. The fraction of sp³-hybridized carbons (Fsp3) is 0.444. The van der Waals surface area contributed by atoms with Crippen molar-refractivity contribution in [3.05, 3.63) is 51.9 Å². The molecule has 0 saturated carbocycles. The van der Waals surface area contributed by atoms with Gasteiger partial charge in [0.05, 0.1) is 11.7 Å². The van der Waals surface area contributed by atoms with Crippen molar-refractivity contribution >= 4 is 41.5 Å². The molecule has 0 aliphatic heterocycles. The highest BCUT2D eigenvalue weighted by molar-refractivity contribution is 14.0. The lowest BCUT2D eigenvalue weighted by molar-refractivity contribution is 0.392. The van der Waals surface area contributed by atoms with E-state index in [1.165, 1.54) is 0 Å². The second kappa shape index (κ2) is 10.7. The van der Waals surface area contributed by atoms with Crippen LogP contribution in [0.1, 0.15) is 42.5 Å². The monoisotopic (exact) mass is 476 g/mol. The minimum Gasteiger partial charge on any atom is -0.361 e. The van der Waals surface area contributed by atoms with Crippen molar-refractivity contribution < 1.29 is 4.52 Å². The molecule has 0 spiro atoms. The van der Waals surface area contributed by atoms with Crippen molar-refractivity contribution in [3.63, 3.8) is 0 Å². The Labute approximate surface area is 171 Å². The van der Waals surface area contributed by atoms with Crippen molar-refractivity contribution in [2.24, 2.45) is 4.99 Å². The molecular weight excluding hydrogens is 451 g/mol. The molecule has 1 atom stereocenters. The highest BCUT2D eigenvalue weighted by atomic mass is 127. The Morgan fingerprint density at radius 2 is 2.04 bits per heavy atom. The number of guanidine groups is 1. The highest BCUT2D eigenvalue weighted by Crippen LogP contribution is 2.22. The van der Waals surface area contributed by atoms with Gasteiger partial charge in [0, 0.05) is 23.7 Å². The molecule has 0 aliphatic carbocycles. The molecule has 1 heterocycles. The molecule has 7 heteroatoms. The van der Waals surface area contributed by atoms with Gasteiger partial charge in [0.15, 0.2) is 5.96 Å². The number of aliphatic imine (C=N–C) groups is 1. The lowest BCUT2D eigenvalue weighted by atomic mass is 10.1. The molecule has 1 aromatic carbocycles. The SMILES string of the molecule is CCNC(=NCCc1c(C)noc1C)NC(C)c1ccccc1Cl.I. The average molecular weight is 477 g/mol. The van der Waals surface area contributed by atoms with Gasteiger partial charge in [0.1, 0.15) is 5.76 Å². The van der Waals surface area contributed by atoms with Crippen LogP contribution in [0.5, 0.6) is 0 Å². The van der Waals surface area contributed by atoms with Gasteiger partial charge < -0.3 is 15.2 Å². The number of hydrogen-bond donors (Lipinski definition) is 2. The predicted molar refractivity (Wildman–Crippen MR) is 114 cm³/mol. The van der Waals surface area contributed by atoms with Crippen LogP contribution in [0.25, 0.3) is 0 Å². The Kier molecular flexibility index (Phi) is 9.27. The number of hydrogen-bond acceptors (Lipinski definition) is 3. The average Bonchev–Trinajstić information content (AvgIpc) is 2.87. The van der Waals surface area contributed by atoms with Gasteiger partial charge in [-0.3, -0.25) is 4.99 Å². The lowest BCUT2D eigenvalue weighted by Crippen LogP contribution is -2.39. The zero-order valence-corrected chi connectivity index (χ0v) is 18.2. The first-order chi connectivity index (χ1) is 11.5. The number of aromatic nitrogens is 1. The predicted octanol–water partition coefficient (Wildman–Crippen LogP) is 4.42. The first-order valence-electron chi connectivity index (χ1n) is 8.24. The van der Waals surface area contributed by atoms with E-state index in [4.69, 9.17) is 16.1 Å². The summed E-state index contributed by atoms with van der Waals surface area (Å²) in [5, 5.41) is 11.4. The van der Waals surface area contributed by atoms with Crippen molar-refractivity contribution in [3.8, 4) is 0 Å². The van der Waals surface area contributed by atoms with Gasteiger partial charge in [-0.15, -0.1) is 24.0 Å². The molecule has 138 valence electrons. The Bertz CT molecular complexity index is 683. The molecule has 0 amide bonds. The minimum absolute atomic E-state index is 0. The summed E-state index contributed by atoms with van der Waals surface area (Å²) in [5.41, 5.74) is 3.12. The summed E-state index contributed by atoms with van der Waals surface area (Å²) in [6, 6.07) is 7.91. The van der Waals surface area contributed by atoms with E-state index in [0.717, 1.165) is 46.5 Å². The third kappa shape index (κ3) is 6.18. The van der Waals surface area contributed by atoms with Gasteiger partial charge in [0.2, 0.25) is 0 Å². The Morgan fingerprint density at radius 1 is 1.32 bits per heavy atom. The molecule has 1 unspecified atom stereocenters. The summed E-state index contributed by atoms with van der Waals surface area (Å²) in [6.07, 6.45) is 0.804. The van der Waals surface area contributed by atoms with Gasteiger partial charge >= 0.3 is 0 Å². The van der Waals surface area contributed by atoms with Gasteiger partial charge in [0.25, 0.3) is 0 Å². The third-order valence-electron chi connectivity index (χ3n) is 3.88. The molecule has 1 aromatic heterocycles. The van der Waals surface area contributed by atoms with Crippen LogP contribution in [-0.4, -0.2) is 24.2 Å². The summed E-state index contributed by atoms with van der Waals surface area (Å²) in [4.78, 5) is 4.65. The molecule has 2 aromatic rings. The zero-order valence-electron chi connectivity index (χ0n) is 15.1. The molecule has 0 bridgehead atoms. The molecule has 5 nitrogen and oxygen atoms in total. The standard InChI is InChI=1S/C18H25ClN4O.HI/c1-5-20-18(21-11-10-15-13(3)23-24-14(15)4)22-12(2)16-8-6-7-9-17(16)19;/h6-9,12H,5,10-11H2,1-4H3,(H2,20,21,22);1H. The topological polar surface area (TPSA) is 62.5 Å². The van der Waals surface area contributed by atoms with Crippen LogP contribution in [0.3, 0.4) is 0 Å². The summed E-state index contributed by atoms with van der Waals surface area (Å²) in [5.74, 6) is 1.64. The number of benzene rings is 1. The Morgan fingerprint density at radius 3 is 2.64 bits per heavy atom. The fourth-order valence-corrected chi connectivity index (χ4v) is 2.87. The molecule has 2 rings (SSSR count). The smallest absolute Gasteiger partial charge is 0.191 e. The maximum absolute atomic E-state index is 6.27. The number of nitrogens with zero attached hydrogens (tertiary/aromatic N) is 2. The van der Waals surface area contributed by atoms with Crippen LogP contribution in [0, 0.1) is 13.8 Å². The first kappa shape index (κ1) is 21.8. The van der Waals surface area contributed by atoms with E-state index in [1.54, 1.807) is 0 Å². The molecule has 0 aliphatic rings. The van der Waals surface area contributed by atoms with Gasteiger partial charge in [-0.25, -0.2) is 0 Å². The van der Waals surface area contributed by atoms with Crippen LogP contribution in [0.4, 0.5) is 0 Å². The molecule has 0 radical (unpaired) electrons. The molecule has 25 heavy (non-hydrogen) atoms. The van der Waals surface area contributed by atoms with Crippen molar-refractivity contribution in [2.75, 3.05) is 13.1 Å². The van der Waals surface area contributed by atoms with Crippen molar-refractivity contribution in [2.45, 2.75) is 40.2 Å². The van der Waals surface area contributed by atoms with Crippen molar-refractivity contribution in [1.29, 1.82) is 0 Å². The first-order valence-corrected chi connectivity index (χ1v) is 8.61. The van der Waals surface area contributed by atoms with Gasteiger partial charge in [-0.1, -0.05) is 35.0 Å². The summed E-state index contributed by atoms with van der Waals surface area (Å²) in [7, 11) is 0. The van der Waals surface area contributed by atoms with E-state index >= 15 is 0 Å². The van der Waals surface area contributed by atoms with Gasteiger partial charge in [-0.05, 0) is 45.7 Å². The summed E-state index contributed by atoms with van der Waals surface area (Å²) < 4.78 is 5.19. The number of halogens is 2. The van der Waals surface area contributed by atoms with E-state index < -0.39 is 0 Å². The quantitative estimate of drug-likeness (QED) is 0.368. The summed E-state index contributed by atoms with van der Waals surface area (Å²) in [6.45, 7) is 9.47. The lowest BCUT2D eigenvalue weighted by Gasteiger charge is -2.19. The normalized spacial score (nSPS) is 12.4. The largest absolute Gasteiger partial charge is 0.361 e. The van der Waals surface area contributed by atoms with E-state index in [1.807, 2.05) is 45.0 Å².